The Morgan fingerprint density at radius 2 is 1.94 bits per heavy atom. The molecule has 16 heavy (non-hydrogen) atoms. The maximum Gasteiger partial charge on any atom is 0.116 e. The first-order valence-corrected chi connectivity index (χ1v) is 6.72. The molecule has 1 heterocycles. The van der Waals surface area contributed by atoms with Crippen molar-refractivity contribution >= 4 is 59.7 Å². The zero-order chi connectivity index (χ0) is 10.8. The maximum absolute atomic E-state index is 9.46. The van der Waals surface area contributed by atoms with Crippen LogP contribution >= 0.6 is 48.8 Å². The highest BCUT2D eigenvalue weighted by atomic mass is 79.9. The zero-order valence-electron chi connectivity index (χ0n) is 8.28. The Bertz CT molecular complexity index is 502. The molecule has 0 radical (unpaired) electrons. The zero-order valence-corrected chi connectivity index (χ0v) is 13.2. The first-order valence-electron chi connectivity index (χ1n) is 4.47. The summed E-state index contributed by atoms with van der Waals surface area (Å²) in [6, 6.07) is 5.24. The lowest BCUT2D eigenvalue weighted by atomic mass is 10.1. The summed E-state index contributed by atoms with van der Waals surface area (Å²) < 4.78 is 0. The van der Waals surface area contributed by atoms with E-state index in [0.29, 0.717) is 0 Å². The van der Waals surface area contributed by atoms with Crippen LogP contribution in [0, 0.1) is 0 Å². The van der Waals surface area contributed by atoms with Crippen LogP contribution in [0.2, 0.25) is 0 Å². The topological polar surface area (TPSA) is 33.1 Å². The van der Waals surface area contributed by atoms with E-state index in [4.69, 9.17) is 0 Å². The molecule has 5 heteroatoms. The number of nitrogens with zero attached hydrogens (tertiary/aromatic N) is 1. The smallest absolute Gasteiger partial charge is 0.116 e. The van der Waals surface area contributed by atoms with Crippen LogP contribution in [0.15, 0.2) is 24.4 Å². The molecule has 0 aliphatic carbocycles. The Kier molecular flexibility index (Phi) is 5.21. The number of aromatic hydroxyl groups is 1. The molecule has 1 aromatic carbocycles. The molecule has 1 aromatic heterocycles. The lowest BCUT2D eigenvalue weighted by Crippen LogP contribution is -1.92. The lowest BCUT2D eigenvalue weighted by molar-refractivity contribution is 0.476. The summed E-state index contributed by atoms with van der Waals surface area (Å²) in [5.74, 6) is 0.276. The Hall–Kier alpha value is -0.130. The van der Waals surface area contributed by atoms with Gasteiger partial charge in [-0.05, 0) is 29.3 Å². The van der Waals surface area contributed by atoms with E-state index in [9.17, 15) is 5.11 Å². The lowest BCUT2D eigenvalue weighted by Gasteiger charge is -2.08. The minimum atomic E-state index is 0. The van der Waals surface area contributed by atoms with Gasteiger partial charge in [0.25, 0.3) is 0 Å². The highest BCUT2D eigenvalue weighted by molar-refractivity contribution is 9.09. The van der Waals surface area contributed by atoms with E-state index < -0.39 is 0 Å². The first-order chi connectivity index (χ1) is 7.26. The van der Waals surface area contributed by atoms with Crippen LogP contribution in [0.4, 0.5) is 0 Å². The Labute approximate surface area is 121 Å². The van der Waals surface area contributed by atoms with E-state index in [2.05, 4.69) is 36.8 Å². The number of alkyl halides is 2. The molecule has 0 spiro atoms. The molecule has 0 fully saturated rings. The second kappa shape index (κ2) is 5.98. The fourth-order valence-electron chi connectivity index (χ4n) is 1.55. The van der Waals surface area contributed by atoms with E-state index >= 15 is 0 Å². The van der Waals surface area contributed by atoms with Gasteiger partial charge in [-0.15, -0.1) is 17.0 Å². The number of benzene rings is 1. The number of rotatable bonds is 2. The number of fused-ring (bicyclic) bond motifs is 1. The standard InChI is InChI=1S/C11H9Br2NO.BrH/c12-4-7-6-14-11-2-1-8(15)3-9(11)10(7)5-13;/h1-3,6,15H,4-5H2;1H. The summed E-state index contributed by atoms with van der Waals surface area (Å²) in [4.78, 5) is 4.34. The molecule has 2 rings (SSSR count). The van der Waals surface area contributed by atoms with Gasteiger partial charge in [0, 0.05) is 22.2 Å². The molecule has 0 aliphatic rings. The third kappa shape index (κ3) is 2.57. The van der Waals surface area contributed by atoms with Gasteiger partial charge in [0.2, 0.25) is 0 Å². The van der Waals surface area contributed by atoms with E-state index in [1.807, 2.05) is 12.3 Å². The predicted molar refractivity (Wildman–Crippen MR) is 79.0 cm³/mol. The van der Waals surface area contributed by atoms with Crippen LogP contribution in [0.5, 0.6) is 5.75 Å². The van der Waals surface area contributed by atoms with Gasteiger partial charge in [0.1, 0.15) is 5.75 Å². The highest BCUT2D eigenvalue weighted by Gasteiger charge is 2.07. The average Bonchev–Trinajstić information content (AvgIpc) is 2.27. The van der Waals surface area contributed by atoms with E-state index in [1.54, 1.807) is 12.1 Å². The second-order valence-electron chi connectivity index (χ2n) is 3.23. The fourth-order valence-corrected chi connectivity index (χ4v) is 2.70. The van der Waals surface area contributed by atoms with Crippen molar-refractivity contribution in [1.82, 2.24) is 4.98 Å². The number of halogens is 3. The minimum Gasteiger partial charge on any atom is -0.508 e. The number of phenols is 1. The molecule has 0 bridgehead atoms. The first kappa shape index (κ1) is 13.9. The molecule has 1 N–H and O–H groups in total. The molecule has 2 nitrogen and oxygen atoms in total. The molecular weight excluding hydrogens is 402 g/mol. The summed E-state index contributed by atoms with van der Waals surface area (Å²) in [6.45, 7) is 0. The SMILES string of the molecule is Br.Oc1ccc2ncc(CBr)c(CBr)c2c1. The van der Waals surface area contributed by atoms with Gasteiger partial charge < -0.3 is 5.11 Å². The molecule has 0 saturated heterocycles. The van der Waals surface area contributed by atoms with Gasteiger partial charge in [0.05, 0.1) is 5.52 Å². The summed E-state index contributed by atoms with van der Waals surface area (Å²) in [7, 11) is 0. The van der Waals surface area contributed by atoms with Crippen molar-refractivity contribution < 1.29 is 5.11 Å². The van der Waals surface area contributed by atoms with Crippen molar-refractivity contribution in [2.75, 3.05) is 0 Å². The van der Waals surface area contributed by atoms with Gasteiger partial charge in [-0.25, -0.2) is 0 Å². The van der Waals surface area contributed by atoms with Gasteiger partial charge in [-0.2, -0.15) is 0 Å². The van der Waals surface area contributed by atoms with Crippen molar-refractivity contribution in [3.8, 4) is 5.75 Å². The van der Waals surface area contributed by atoms with E-state index in [0.717, 1.165) is 27.1 Å². The Balaban J connectivity index is 0.00000128. The van der Waals surface area contributed by atoms with Gasteiger partial charge in [-0.3, -0.25) is 4.98 Å². The number of phenolic OH excluding ortho intramolecular Hbond substituents is 1. The second-order valence-corrected chi connectivity index (χ2v) is 4.35. The molecule has 0 amide bonds. The summed E-state index contributed by atoms with van der Waals surface area (Å²) >= 11 is 6.89. The molecule has 0 atom stereocenters. The maximum atomic E-state index is 9.46. The third-order valence-corrected chi connectivity index (χ3v) is 3.49. The highest BCUT2D eigenvalue weighted by Crippen LogP contribution is 2.27. The molecule has 0 saturated carbocycles. The number of hydrogen-bond acceptors (Lipinski definition) is 2. The Morgan fingerprint density at radius 3 is 2.56 bits per heavy atom. The Morgan fingerprint density at radius 1 is 1.19 bits per heavy atom. The predicted octanol–water partition coefficient (Wildman–Crippen LogP) is 4.31. The molecule has 0 aliphatic heterocycles. The summed E-state index contributed by atoms with van der Waals surface area (Å²) in [5, 5.41) is 12.0. The number of aromatic nitrogens is 1. The van der Waals surface area contributed by atoms with E-state index in [-0.39, 0.29) is 22.7 Å². The fraction of sp³-hybridized carbons (Fsp3) is 0.182. The molecular formula is C11H10Br3NO. The van der Waals surface area contributed by atoms with Gasteiger partial charge >= 0.3 is 0 Å². The minimum absolute atomic E-state index is 0. The van der Waals surface area contributed by atoms with E-state index in [1.165, 1.54) is 5.56 Å². The largest absolute Gasteiger partial charge is 0.508 e. The van der Waals surface area contributed by atoms with Crippen molar-refractivity contribution in [2.24, 2.45) is 0 Å². The van der Waals surface area contributed by atoms with Crippen LogP contribution in [-0.2, 0) is 10.7 Å². The van der Waals surface area contributed by atoms with Crippen molar-refractivity contribution in [3.63, 3.8) is 0 Å². The van der Waals surface area contributed by atoms with Crippen LogP contribution < -0.4 is 0 Å². The summed E-state index contributed by atoms with van der Waals surface area (Å²) in [6.07, 6.45) is 1.87. The van der Waals surface area contributed by atoms with Crippen LogP contribution in [-0.4, -0.2) is 10.1 Å². The van der Waals surface area contributed by atoms with Crippen LogP contribution in [0.1, 0.15) is 11.1 Å². The molecule has 0 unspecified atom stereocenters. The van der Waals surface area contributed by atoms with Crippen molar-refractivity contribution in [3.05, 3.63) is 35.5 Å². The van der Waals surface area contributed by atoms with Gasteiger partial charge in [0.15, 0.2) is 0 Å². The van der Waals surface area contributed by atoms with Crippen LogP contribution in [0.3, 0.4) is 0 Å². The normalized spacial score (nSPS) is 10.1. The van der Waals surface area contributed by atoms with Gasteiger partial charge in [-0.1, -0.05) is 31.9 Å². The molecule has 86 valence electrons. The average molecular weight is 412 g/mol. The monoisotopic (exact) mass is 409 g/mol. The number of hydrogen-bond donors (Lipinski definition) is 1. The van der Waals surface area contributed by atoms with Crippen molar-refractivity contribution in [1.29, 1.82) is 0 Å². The summed E-state index contributed by atoms with van der Waals surface area (Å²) in [5.41, 5.74) is 3.23. The third-order valence-electron chi connectivity index (χ3n) is 2.33. The number of pyridine rings is 1. The van der Waals surface area contributed by atoms with Crippen LogP contribution in [0.25, 0.3) is 10.9 Å². The van der Waals surface area contributed by atoms with Crippen molar-refractivity contribution in [2.45, 2.75) is 10.7 Å². The molecule has 2 aromatic rings. The quantitative estimate of drug-likeness (QED) is 0.747.